The molecule has 0 aromatic heterocycles. The van der Waals surface area contributed by atoms with Crippen LogP contribution in [0.15, 0.2) is 34.7 Å². The summed E-state index contributed by atoms with van der Waals surface area (Å²) in [4.78, 5) is 13.8. The molecule has 31 heavy (non-hydrogen) atoms. The summed E-state index contributed by atoms with van der Waals surface area (Å²) in [6, 6.07) is 9.60. The molecule has 4 nitrogen and oxygen atoms in total. The molecule has 5 rings (SSSR count). The fourth-order valence-electron chi connectivity index (χ4n) is 4.57. The SMILES string of the molecule is CCC(=O)N1CC2(C1)OCc1cc(C3=NS[C@@](C)(c4cc(Cl)c(F)c(Cl)c4)C3)ccc12. The minimum atomic E-state index is -0.595. The van der Waals surface area contributed by atoms with Crippen LogP contribution >= 0.6 is 35.1 Å². The van der Waals surface area contributed by atoms with Gasteiger partial charge < -0.3 is 9.64 Å². The number of carbonyl (C=O) groups is 1. The summed E-state index contributed by atoms with van der Waals surface area (Å²) in [6.45, 7) is 5.72. The normalized spacial score (nSPS) is 23.6. The molecule has 1 spiro atoms. The number of fused-ring (bicyclic) bond motifs is 2. The smallest absolute Gasteiger partial charge is 0.222 e. The highest BCUT2D eigenvalue weighted by Crippen LogP contribution is 2.49. The molecular weight excluding hydrogens is 458 g/mol. The molecule has 0 aliphatic carbocycles. The van der Waals surface area contributed by atoms with Crippen molar-refractivity contribution < 1.29 is 13.9 Å². The first-order chi connectivity index (χ1) is 14.7. The lowest BCUT2D eigenvalue weighted by molar-refractivity contribution is -0.168. The third-order valence-corrected chi connectivity index (χ3v) is 8.08. The van der Waals surface area contributed by atoms with Crippen molar-refractivity contribution in [1.29, 1.82) is 0 Å². The number of carbonyl (C=O) groups excluding carboxylic acids is 1. The lowest BCUT2D eigenvalue weighted by Gasteiger charge is -2.47. The van der Waals surface area contributed by atoms with E-state index in [2.05, 4.69) is 25.1 Å². The molecule has 1 amide bonds. The van der Waals surface area contributed by atoms with Crippen LogP contribution in [0, 0.1) is 5.82 Å². The molecule has 0 N–H and O–H groups in total. The zero-order valence-corrected chi connectivity index (χ0v) is 19.5. The Morgan fingerprint density at radius 2 is 1.97 bits per heavy atom. The molecule has 3 aliphatic rings. The minimum Gasteiger partial charge on any atom is -0.362 e. The van der Waals surface area contributed by atoms with E-state index < -0.39 is 5.82 Å². The lowest BCUT2D eigenvalue weighted by Crippen LogP contribution is -2.61. The van der Waals surface area contributed by atoms with E-state index in [1.807, 2.05) is 11.8 Å². The molecule has 1 fully saturated rings. The predicted molar refractivity (Wildman–Crippen MR) is 122 cm³/mol. The van der Waals surface area contributed by atoms with Gasteiger partial charge in [0.1, 0.15) is 5.60 Å². The second-order valence-electron chi connectivity index (χ2n) is 8.55. The van der Waals surface area contributed by atoms with Crippen molar-refractivity contribution in [3.63, 3.8) is 0 Å². The van der Waals surface area contributed by atoms with Gasteiger partial charge in [0, 0.05) is 12.8 Å². The first kappa shape index (κ1) is 21.3. The maximum absolute atomic E-state index is 13.8. The zero-order chi connectivity index (χ0) is 22.0. The molecule has 8 heteroatoms. The van der Waals surface area contributed by atoms with Gasteiger partial charge in [-0.15, -0.1) is 0 Å². The van der Waals surface area contributed by atoms with Crippen molar-refractivity contribution in [2.45, 2.75) is 43.6 Å². The van der Waals surface area contributed by atoms with E-state index in [-0.39, 0.29) is 26.3 Å². The third kappa shape index (κ3) is 3.39. The van der Waals surface area contributed by atoms with Crippen LogP contribution in [0.5, 0.6) is 0 Å². The number of rotatable bonds is 3. The van der Waals surface area contributed by atoms with Crippen LogP contribution in [0.1, 0.15) is 48.9 Å². The Balaban J connectivity index is 1.36. The van der Waals surface area contributed by atoms with Crippen molar-refractivity contribution in [2.75, 3.05) is 13.1 Å². The highest BCUT2D eigenvalue weighted by molar-refractivity contribution is 7.99. The average molecular weight is 479 g/mol. The van der Waals surface area contributed by atoms with Crippen molar-refractivity contribution in [1.82, 2.24) is 4.90 Å². The van der Waals surface area contributed by atoms with Gasteiger partial charge in [-0.05, 0) is 59.3 Å². The Morgan fingerprint density at radius 1 is 1.26 bits per heavy atom. The highest BCUT2D eigenvalue weighted by atomic mass is 35.5. The first-order valence-electron chi connectivity index (χ1n) is 10.2. The molecule has 0 radical (unpaired) electrons. The maximum Gasteiger partial charge on any atom is 0.222 e. The summed E-state index contributed by atoms with van der Waals surface area (Å²) < 4.78 is 24.3. The van der Waals surface area contributed by atoms with Crippen molar-refractivity contribution in [3.05, 3.63) is 68.4 Å². The predicted octanol–water partition coefficient (Wildman–Crippen LogP) is 5.87. The van der Waals surface area contributed by atoms with Crippen molar-refractivity contribution >= 4 is 46.8 Å². The van der Waals surface area contributed by atoms with Crippen LogP contribution in [-0.4, -0.2) is 29.6 Å². The van der Waals surface area contributed by atoms with Gasteiger partial charge in [-0.3, -0.25) is 4.79 Å². The number of benzene rings is 2. The molecule has 2 aromatic carbocycles. The Bertz CT molecular complexity index is 1110. The fourth-order valence-corrected chi connectivity index (χ4v) is 5.97. The van der Waals surface area contributed by atoms with E-state index in [4.69, 9.17) is 32.3 Å². The van der Waals surface area contributed by atoms with Crippen molar-refractivity contribution in [3.8, 4) is 0 Å². The topological polar surface area (TPSA) is 41.9 Å². The molecule has 0 saturated carbocycles. The van der Waals surface area contributed by atoms with Crippen LogP contribution < -0.4 is 0 Å². The van der Waals surface area contributed by atoms with Crippen LogP contribution in [0.2, 0.25) is 10.0 Å². The summed E-state index contributed by atoms with van der Waals surface area (Å²) in [5.74, 6) is -0.431. The van der Waals surface area contributed by atoms with Gasteiger partial charge in [0.25, 0.3) is 0 Å². The van der Waals surface area contributed by atoms with E-state index in [1.54, 1.807) is 12.1 Å². The number of ether oxygens (including phenoxy) is 1. The average Bonchev–Trinajstić information content (AvgIpc) is 3.31. The highest BCUT2D eigenvalue weighted by Gasteiger charge is 2.51. The van der Waals surface area contributed by atoms with E-state index in [9.17, 15) is 9.18 Å². The zero-order valence-electron chi connectivity index (χ0n) is 17.2. The largest absolute Gasteiger partial charge is 0.362 e. The summed E-state index contributed by atoms with van der Waals surface area (Å²) in [6.07, 6.45) is 1.20. The number of likely N-dealkylation sites (tertiary alicyclic amines) is 1. The van der Waals surface area contributed by atoms with Crippen LogP contribution in [0.3, 0.4) is 0 Å². The monoisotopic (exact) mass is 478 g/mol. The molecule has 3 aliphatic heterocycles. The molecule has 3 heterocycles. The molecule has 0 bridgehead atoms. The van der Waals surface area contributed by atoms with Gasteiger partial charge in [-0.1, -0.05) is 42.3 Å². The van der Waals surface area contributed by atoms with Crippen LogP contribution in [0.4, 0.5) is 4.39 Å². The van der Waals surface area contributed by atoms with Crippen LogP contribution in [-0.2, 0) is 26.5 Å². The van der Waals surface area contributed by atoms with E-state index in [1.165, 1.54) is 17.5 Å². The first-order valence-corrected chi connectivity index (χ1v) is 11.7. The molecule has 1 saturated heterocycles. The molecule has 1 atom stereocenters. The van der Waals surface area contributed by atoms with E-state index in [0.717, 1.165) is 22.4 Å². The molecule has 0 unspecified atom stereocenters. The Hall–Kier alpha value is -1.60. The standard InChI is InChI=1S/C23H21Cl2FN2O2S/c1-3-20(29)28-11-23(12-28)16-5-4-13(6-14(16)10-30-23)19-9-22(2,31-27-19)15-7-17(24)21(26)18(25)8-15/h4-8H,3,9-12H2,1-2H3/t22-/m1/s1. The number of hydrogen-bond donors (Lipinski definition) is 0. The van der Waals surface area contributed by atoms with Gasteiger partial charge in [0.15, 0.2) is 5.82 Å². The number of amides is 1. The summed E-state index contributed by atoms with van der Waals surface area (Å²) in [5.41, 5.74) is 4.84. The maximum atomic E-state index is 13.8. The number of halogens is 3. The van der Waals surface area contributed by atoms with E-state index >= 15 is 0 Å². The quantitative estimate of drug-likeness (QED) is 0.409. The summed E-state index contributed by atoms with van der Waals surface area (Å²) >= 11 is 13.5. The number of hydrogen-bond acceptors (Lipinski definition) is 4. The van der Waals surface area contributed by atoms with Crippen LogP contribution in [0.25, 0.3) is 0 Å². The fraction of sp³-hybridized carbons (Fsp3) is 0.391. The molecule has 2 aromatic rings. The lowest BCUT2D eigenvalue weighted by atomic mass is 9.83. The van der Waals surface area contributed by atoms with Crippen molar-refractivity contribution in [2.24, 2.45) is 4.40 Å². The summed E-state index contributed by atoms with van der Waals surface area (Å²) in [5, 5.41) is 0.0442. The second-order valence-corrected chi connectivity index (χ2v) is 10.6. The number of nitrogens with zero attached hydrogens (tertiary/aromatic N) is 2. The Kier molecular flexibility index (Phi) is 5.13. The minimum absolute atomic E-state index is 0.0221. The Labute approximate surface area is 194 Å². The second kappa shape index (κ2) is 7.48. The van der Waals surface area contributed by atoms with Gasteiger partial charge in [-0.2, -0.15) is 0 Å². The molecular formula is C23H21Cl2FN2O2S. The van der Waals surface area contributed by atoms with Gasteiger partial charge >= 0.3 is 0 Å². The summed E-state index contributed by atoms with van der Waals surface area (Å²) in [7, 11) is 0. The molecule has 162 valence electrons. The van der Waals surface area contributed by atoms with Gasteiger partial charge in [0.2, 0.25) is 5.91 Å². The van der Waals surface area contributed by atoms with Gasteiger partial charge in [0.05, 0.1) is 40.2 Å². The van der Waals surface area contributed by atoms with Gasteiger partial charge in [-0.25, -0.2) is 8.79 Å². The van der Waals surface area contributed by atoms with E-state index in [0.29, 0.717) is 32.5 Å². The third-order valence-electron chi connectivity index (χ3n) is 6.44. The Morgan fingerprint density at radius 3 is 2.65 bits per heavy atom.